The standard InChI is InChI=1S/C33H40Cl2F2N6O6S/c1-17(2)29(38)33(47)40-11-5-6-25(40)30(44)39-24-15-42(50(48,49)27-10-8-20(34)14-21(27)35)28-16-41(18(3)4)32(46)26(43(28)31(24)45)13-19-7-9-22(36)23(37)12-19/h7-10,12,14,17-18,24-26,28-29H,5-6,11,13,15-16,38H2,1-4H3,(H,39,44). The summed E-state index contributed by atoms with van der Waals surface area (Å²) in [5.41, 5.74) is 6.29. The van der Waals surface area contributed by atoms with Crippen molar-refractivity contribution >= 4 is 56.9 Å². The average molecular weight is 758 g/mol. The number of halogens is 4. The Morgan fingerprint density at radius 1 is 1.00 bits per heavy atom. The molecule has 12 nitrogen and oxygen atoms in total. The number of carbonyl (C=O) groups excluding carboxylic acids is 4. The number of hydrogen-bond donors (Lipinski definition) is 2. The van der Waals surface area contributed by atoms with Gasteiger partial charge in [-0.1, -0.05) is 43.1 Å². The molecule has 3 heterocycles. The molecule has 50 heavy (non-hydrogen) atoms. The molecule has 5 rings (SSSR count). The zero-order valence-electron chi connectivity index (χ0n) is 28.0. The van der Waals surface area contributed by atoms with E-state index in [-0.39, 0.29) is 45.9 Å². The molecule has 0 bridgehead atoms. The van der Waals surface area contributed by atoms with Crippen molar-refractivity contribution in [3.8, 4) is 0 Å². The van der Waals surface area contributed by atoms with Crippen LogP contribution < -0.4 is 11.1 Å². The highest BCUT2D eigenvalue weighted by Crippen LogP contribution is 2.35. The Labute approximate surface area is 299 Å². The molecule has 5 unspecified atom stereocenters. The van der Waals surface area contributed by atoms with Crippen LogP contribution in [0, 0.1) is 17.6 Å². The third kappa shape index (κ3) is 7.20. The summed E-state index contributed by atoms with van der Waals surface area (Å²) in [7, 11) is -4.54. The van der Waals surface area contributed by atoms with Gasteiger partial charge in [-0.3, -0.25) is 19.2 Å². The Balaban J connectivity index is 1.57. The first-order valence-electron chi connectivity index (χ1n) is 16.3. The number of piperazine rings is 1. The molecule has 272 valence electrons. The van der Waals surface area contributed by atoms with Gasteiger partial charge in [0.2, 0.25) is 33.7 Å². The first-order chi connectivity index (χ1) is 23.4. The molecule has 0 aromatic heterocycles. The molecule has 0 spiro atoms. The van der Waals surface area contributed by atoms with Crippen molar-refractivity contribution in [2.45, 2.75) is 88.2 Å². The molecular formula is C33H40Cl2F2N6O6S. The Bertz CT molecular complexity index is 1800. The predicted molar refractivity (Wildman–Crippen MR) is 181 cm³/mol. The van der Waals surface area contributed by atoms with Crippen molar-refractivity contribution in [1.29, 1.82) is 0 Å². The lowest BCUT2D eigenvalue weighted by molar-refractivity contribution is -0.169. The monoisotopic (exact) mass is 756 g/mol. The molecular weight excluding hydrogens is 717 g/mol. The summed E-state index contributed by atoms with van der Waals surface area (Å²) < 4.78 is 58.0. The molecule has 17 heteroatoms. The van der Waals surface area contributed by atoms with E-state index >= 15 is 0 Å². The van der Waals surface area contributed by atoms with E-state index in [4.69, 9.17) is 28.9 Å². The van der Waals surface area contributed by atoms with E-state index in [9.17, 15) is 36.4 Å². The number of likely N-dealkylation sites (tertiary alicyclic amines) is 1. The lowest BCUT2D eigenvalue weighted by Crippen LogP contribution is -2.76. The first kappa shape index (κ1) is 37.9. The Kier molecular flexibility index (Phi) is 11.1. The second-order valence-corrected chi connectivity index (χ2v) is 16.2. The summed E-state index contributed by atoms with van der Waals surface area (Å²) in [6.45, 7) is 6.54. The largest absolute Gasteiger partial charge is 0.341 e. The van der Waals surface area contributed by atoms with E-state index in [1.54, 1.807) is 27.7 Å². The smallest absolute Gasteiger partial charge is 0.248 e. The maximum Gasteiger partial charge on any atom is 0.248 e. The van der Waals surface area contributed by atoms with E-state index in [0.29, 0.717) is 12.8 Å². The lowest BCUT2D eigenvalue weighted by Gasteiger charge is -2.54. The summed E-state index contributed by atoms with van der Waals surface area (Å²) in [5, 5.41) is 2.66. The fraction of sp³-hybridized carbons (Fsp3) is 0.515. The summed E-state index contributed by atoms with van der Waals surface area (Å²) >= 11 is 12.4. The number of nitrogens with zero attached hydrogens (tertiary/aromatic N) is 4. The lowest BCUT2D eigenvalue weighted by atomic mass is 9.96. The molecule has 3 aliphatic rings. The minimum absolute atomic E-state index is 0.183. The minimum atomic E-state index is -4.54. The third-order valence-corrected chi connectivity index (χ3v) is 12.1. The van der Waals surface area contributed by atoms with Gasteiger partial charge in [0.15, 0.2) is 11.6 Å². The number of fused-ring (bicyclic) bond motifs is 1. The SMILES string of the molecule is CC(C)C(N)C(=O)N1CCCC1C(=O)NC1CN(S(=O)(=O)c2ccc(Cl)cc2Cl)C2CN(C(C)C)C(=O)C(Cc3ccc(F)c(F)c3)N2C1=O. The molecule has 4 amide bonds. The molecule has 3 aliphatic heterocycles. The van der Waals surface area contributed by atoms with Crippen LogP contribution in [0.1, 0.15) is 46.1 Å². The number of sulfonamides is 1. The van der Waals surface area contributed by atoms with Crippen molar-refractivity contribution in [2.75, 3.05) is 19.6 Å². The number of benzene rings is 2. The molecule has 3 saturated heterocycles. The second kappa shape index (κ2) is 14.7. The van der Waals surface area contributed by atoms with Crippen LogP contribution >= 0.6 is 23.2 Å². The number of nitrogens with one attached hydrogen (secondary N) is 1. The molecule has 0 radical (unpaired) electrons. The highest BCUT2D eigenvalue weighted by atomic mass is 35.5. The Morgan fingerprint density at radius 3 is 2.32 bits per heavy atom. The van der Waals surface area contributed by atoms with Gasteiger partial charge < -0.3 is 25.8 Å². The van der Waals surface area contributed by atoms with Gasteiger partial charge >= 0.3 is 0 Å². The van der Waals surface area contributed by atoms with Gasteiger partial charge in [0, 0.05) is 30.6 Å². The van der Waals surface area contributed by atoms with Crippen LogP contribution in [0.3, 0.4) is 0 Å². The van der Waals surface area contributed by atoms with Crippen LogP contribution in [0.2, 0.25) is 10.0 Å². The minimum Gasteiger partial charge on any atom is -0.341 e. The molecule has 0 aliphatic carbocycles. The van der Waals surface area contributed by atoms with Gasteiger partial charge in [0.25, 0.3) is 0 Å². The highest BCUT2D eigenvalue weighted by molar-refractivity contribution is 7.89. The summed E-state index contributed by atoms with van der Waals surface area (Å²) in [6.07, 6.45) is -0.752. The van der Waals surface area contributed by atoms with E-state index in [0.717, 1.165) is 21.3 Å². The zero-order valence-corrected chi connectivity index (χ0v) is 30.3. The van der Waals surface area contributed by atoms with Crippen molar-refractivity contribution in [3.63, 3.8) is 0 Å². The number of nitrogens with two attached hydrogens (primary N) is 1. The topological polar surface area (TPSA) is 153 Å². The average Bonchev–Trinajstić information content (AvgIpc) is 3.54. The Hall–Kier alpha value is -3.37. The number of rotatable bonds is 9. The quantitative estimate of drug-likeness (QED) is 0.399. The molecule has 0 saturated carbocycles. The van der Waals surface area contributed by atoms with E-state index in [1.807, 2.05) is 0 Å². The summed E-state index contributed by atoms with van der Waals surface area (Å²) in [5.74, 6) is -4.86. The van der Waals surface area contributed by atoms with Gasteiger partial charge in [0.05, 0.1) is 17.6 Å². The van der Waals surface area contributed by atoms with Gasteiger partial charge in [0.1, 0.15) is 29.2 Å². The van der Waals surface area contributed by atoms with Crippen LogP contribution in [-0.2, 0) is 35.6 Å². The molecule has 5 atom stereocenters. The van der Waals surface area contributed by atoms with Crippen LogP contribution in [0.4, 0.5) is 8.78 Å². The van der Waals surface area contributed by atoms with Gasteiger partial charge in [-0.05, 0) is 68.5 Å². The summed E-state index contributed by atoms with van der Waals surface area (Å²) in [4.78, 5) is 59.0. The predicted octanol–water partition coefficient (Wildman–Crippen LogP) is 2.75. The fourth-order valence-electron chi connectivity index (χ4n) is 6.73. The highest BCUT2D eigenvalue weighted by Gasteiger charge is 2.55. The van der Waals surface area contributed by atoms with Crippen molar-refractivity contribution in [2.24, 2.45) is 11.7 Å². The van der Waals surface area contributed by atoms with Crippen molar-refractivity contribution in [1.82, 2.24) is 24.3 Å². The zero-order chi connectivity index (χ0) is 36.8. The van der Waals surface area contributed by atoms with Crippen LogP contribution in [0.15, 0.2) is 41.3 Å². The van der Waals surface area contributed by atoms with Gasteiger partial charge in [-0.15, -0.1) is 0 Å². The number of hydrogen-bond acceptors (Lipinski definition) is 7. The molecule has 2 aromatic rings. The molecule has 3 fully saturated rings. The molecule has 2 aromatic carbocycles. The van der Waals surface area contributed by atoms with E-state index in [1.165, 1.54) is 34.1 Å². The summed E-state index contributed by atoms with van der Waals surface area (Å²) in [6, 6.07) is 1.79. The van der Waals surface area contributed by atoms with Gasteiger partial charge in [-0.25, -0.2) is 17.2 Å². The van der Waals surface area contributed by atoms with E-state index in [2.05, 4.69) is 5.32 Å². The van der Waals surface area contributed by atoms with Crippen molar-refractivity contribution < 1.29 is 36.4 Å². The van der Waals surface area contributed by atoms with E-state index < -0.39 is 88.2 Å². The second-order valence-electron chi connectivity index (χ2n) is 13.4. The number of carbonyl (C=O) groups is 4. The first-order valence-corrected chi connectivity index (χ1v) is 18.5. The molecule has 3 N–H and O–H groups in total. The number of amides is 4. The van der Waals surface area contributed by atoms with Crippen LogP contribution in [0.5, 0.6) is 0 Å². The van der Waals surface area contributed by atoms with Gasteiger partial charge in [-0.2, -0.15) is 4.31 Å². The van der Waals surface area contributed by atoms with Crippen molar-refractivity contribution in [3.05, 3.63) is 63.6 Å². The van der Waals surface area contributed by atoms with Crippen LogP contribution in [0.25, 0.3) is 0 Å². The van der Waals surface area contributed by atoms with Crippen LogP contribution in [-0.4, -0.2) is 107 Å². The fourth-order valence-corrected chi connectivity index (χ4v) is 9.06. The third-order valence-electron chi connectivity index (χ3n) is 9.51. The maximum atomic E-state index is 14.4. The normalized spacial score (nSPS) is 23.9. The Morgan fingerprint density at radius 2 is 1.70 bits per heavy atom. The maximum absolute atomic E-state index is 14.4.